The van der Waals surface area contributed by atoms with Crippen molar-refractivity contribution in [3.8, 4) is 11.5 Å². The number of carbonyl (C=O) groups is 1. The SMILES string of the molecule is C=C1C2(O)CCC(NC(=O)c3ccc4c(c3)NC=CC4)CC12c1c(C)ccc(O)c1O. The number of fused-ring (bicyclic) bond motifs is 2. The molecule has 31 heavy (non-hydrogen) atoms. The molecule has 1 heterocycles. The summed E-state index contributed by atoms with van der Waals surface area (Å²) in [5, 5.41) is 38.2. The van der Waals surface area contributed by atoms with Gasteiger partial charge in [-0.3, -0.25) is 4.79 Å². The van der Waals surface area contributed by atoms with E-state index in [0.29, 0.717) is 36.0 Å². The maximum absolute atomic E-state index is 13.0. The molecule has 2 aromatic rings. The zero-order valence-corrected chi connectivity index (χ0v) is 17.4. The van der Waals surface area contributed by atoms with Crippen LogP contribution in [0.5, 0.6) is 11.5 Å². The fourth-order valence-corrected chi connectivity index (χ4v) is 5.52. The number of nitrogens with one attached hydrogen (secondary N) is 2. The molecule has 1 amide bonds. The number of phenols is 2. The lowest BCUT2D eigenvalue weighted by Crippen LogP contribution is -2.44. The van der Waals surface area contributed by atoms with Crippen molar-refractivity contribution in [3.63, 3.8) is 0 Å². The van der Waals surface area contributed by atoms with E-state index >= 15 is 0 Å². The molecular formula is C25H26N2O4. The Kier molecular flexibility index (Phi) is 4.21. The summed E-state index contributed by atoms with van der Waals surface area (Å²) in [5.74, 6) is -0.621. The summed E-state index contributed by atoms with van der Waals surface area (Å²) in [7, 11) is 0. The van der Waals surface area contributed by atoms with E-state index in [4.69, 9.17) is 0 Å². The van der Waals surface area contributed by atoms with Gasteiger partial charge in [0, 0.05) is 22.9 Å². The summed E-state index contributed by atoms with van der Waals surface area (Å²) >= 11 is 0. The Morgan fingerprint density at radius 2 is 2.06 bits per heavy atom. The van der Waals surface area contributed by atoms with Crippen LogP contribution in [-0.2, 0) is 11.8 Å². The fourth-order valence-electron chi connectivity index (χ4n) is 5.52. The van der Waals surface area contributed by atoms with Gasteiger partial charge < -0.3 is 26.0 Å². The smallest absolute Gasteiger partial charge is 0.251 e. The highest BCUT2D eigenvalue weighted by molar-refractivity contribution is 5.95. The number of rotatable bonds is 3. The molecule has 0 spiro atoms. The number of hydrogen-bond donors (Lipinski definition) is 5. The minimum absolute atomic E-state index is 0.173. The van der Waals surface area contributed by atoms with Gasteiger partial charge in [-0.15, -0.1) is 0 Å². The van der Waals surface area contributed by atoms with E-state index in [2.05, 4.69) is 17.2 Å². The summed E-state index contributed by atoms with van der Waals surface area (Å²) in [6.07, 6.45) is 6.20. The van der Waals surface area contributed by atoms with Crippen LogP contribution in [0.4, 0.5) is 5.69 Å². The maximum atomic E-state index is 13.0. The van der Waals surface area contributed by atoms with Crippen LogP contribution in [0.2, 0.25) is 0 Å². The number of aliphatic hydroxyl groups is 1. The Hall–Kier alpha value is -3.25. The number of hydrogen-bond acceptors (Lipinski definition) is 5. The Bertz CT molecular complexity index is 1150. The summed E-state index contributed by atoms with van der Waals surface area (Å²) in [6, 6.07) is 8.60. The number of carbonyl (C=O) groups excluding carboxylic acids is 1. The highest BCUT2D eigenvalue weighted by Crippen LogP contribution is 2.71. The number of benzene rings is 2. The quantitative estimate of drug-likeness (QED) is 0.388. The van der Waals surface area contributed by atoms with Gasteiger partial charge in [0.25, 0.3) is 5.91 Å². The number of aryl methyl sites for hydroxylation is 1. The molecule has 1 aliphatic heterocycles. The van der Waals surface area contributed by atoms with Gasteiger partial charge >= 0.3 is 0 Å². The number of allylic oxidation sites excluding steroid dienone is 1. The molecule has 0 aromatic heterocycles. The Morgan fingerprint density at radius 3 is 2.87 bits per heavy atom. The molecule has 3 aliphatic rings. The molecule has 6 heteroatoms. The molecule has 2 fully saturated rings. The van der Waals surface area contributed by atoms with Gasteiger partial charge in [-0.25, -0.2) is 0 Å². The molecule has 3 atom stereocenters. The van der Waals surface area contributed by atoms with Crippen molar-refractivity contribution in [2.24, 2.45) is 0 Å². The normalized spacial score (nSPS) is 28.3. The molecule has 160 valence electrons. The van der Waals surface area contributed by atoms with Gasteiger partial charge in [0.15, 0.2) is 11.5 Å². The van der Waals surface area contributed by atoms with Crippen molar-refractivity contribution in [2.75, 3.05) is 5.32 Å². The molecule has 5 N–H and O–H groups in total. The number of phenolic OH excluding ortho intramolecular Hbond substituents is 2. The fraction of sp³-hybridized carbons (Fsp3) is 0.320. The largest absolute Gasteiger partial charge is 0.504 e. The average Bonchev–Trinajstić information content (AvgIpc) is 3.25. The van der Waals surface area contributed by atoms with E-state index in [-0.39, 0.29) is 23.4 Å². The molecule has 0 bridgehead atoms. The minimum Gasteiger partial charge on any atom is -0.504 e. The molecule has 2 saturated carbocycles. The van der Waals surface area contributed by atoms with Crippen molar-refractivity contribution < 1.29 is 20.1 Å². The molecule has 6 nitrogen and oxygen atoms in total. The second-order valence-corrected chi connectivity index (χ2v) is 8.91. The van der Waals surface area contributed by atoms with Gasteiger partial charge in [-0.1, -0.05) is 24.8 Å². The van der Waals surface area contributed by atoms with Gasteiger partial charge in [-0.05, 0) is 73.7 Å². The summed E-state index contributed by atoms with van der Waals surface area (Å²) in [4.78, 5) is 13.0. The number of amides is 1. The second-order valence-electron chi connectivity index (χ2n) is 8.91. The van der Waals surface area contributed by atoms with E-state index < -0.39 is 11.0 Å². The van der Waals surface area contributed by atoms with Crippen LogP contribution in [0, 0.1) is 6.92 Å². The molecule has 2 aliphatic carbocycles. The van der Waals surface area contributed by atoms with Crippen LogP contribution in [0.3, 0.4) is 0 Å². The lowest BCUT2D eigenvalue weighted by Gasteiger charge is -2.34. The third-order valence-electron chi connectivity index (χ3n) is 7.26. The molecule has 2 aromatic carbocycles. The lowest BCUT2D eigenvalue weighted by atomic mass is 9.76. The highest BCUT2D eigenvalue weighted by Gasteiger charge is 2.74. The van der Waals surface area contributed by atoms with Crippen LogP contribution in [0.1, 0.15) is 46.3 Å². The minimum atomic E-state index is -1.13. The molecule has 3 unspecified atom stereocenters. The molecule has 0 radical (unpaired) electrons. The van der Waals surface area contributed by atoms with E-state index in [9.17, 15) is 20.1 Å². The first kappa shape index (κ1) is 19.7. The van der Waals surface area contributed by atoms with Crippen molar-refractivity contribution in [1.82, 2.24) is 5.32 Å². The second kappa shape index (κ2) is 6.62. The Balaban J connectivity index is 1.42. The average molecular weight is 418 g/mol. The van der Waals surface area contributed by atoms with Crippen LogP contribution in [0.25, 0.3) is 0 Å². The highest BCUT2D eigenvalue weighted by atomic mass is 16.3. The topological polar surface area (TPSA) is 102 Å². The predicted molar refractivity (Wildman–Crippen MR) is 118 cm³/mol. The standard InChI is InChI=1S/C25H26N2O4/c1-14-5-8-20(28)22(29)21(14)24-13-18(9-10-25(24,31)15(24)2)27-23(30)17-7-6-16-4-3-11-26-19(16)12-17/h3,5-8,11-12,18,26,28-29,31H,2,4,9-10,13H2,1H3,(H,27,30). The van der Waals surface area contributed by atoms with Gasteiger partial charge in [0.05, 0.1) is 5.41 Å². The van der Waals surface area contributed by atoms with Crippen molar-refractivity contribution >= 4 is 11.6 Å². The van der Waals surface area contributed by atoms with Gasteiger partial charge in [0.1, 0.15) is 5.60 Å². The Labute approximate surface area is 180 Å². The molecule has 0 saturated heterocycles. The monoisotopic (exact) mass is 418 g/mol. The maximum Gasteiger partial charge on any atom is 0.251 e. The Morgan fingerprint density at radius 1 is 1.26 bits per heavy atom. The zero-order chi connectivity index (χ0) is 22.0. The first-order valence-electron chi connectivity index (χ1n) is 10.6. The first-order valence-corrected chi connectivity index (χ1v) is 10.6. The first-order chi connectivity index (χ1) is 14.8. The molecule has 5 rings (SSSR count). The van der Waals surface area contributed by atoms with Gasteiger partial charge in [-0.2, -0.15) is 0 Å². The lowest BCUT2D eigenvalue weighted by molar-refractivity contribution is 0.0736. The van der Waals surface area contributed by atoms with Gasteiger partial charge in [0.2, 0.25) is 0 Å². The van der Waals surface area contributed by atoms with Crippen molar-refractivity contribution in [2.45, 2.75) is 49.7 Å². The van der Waals surface area contributed by atoms with E-state index in [1.165, 1.54) is 6.07 Å². The third kappa shape index (κ3) is 2.71. The summed E-state index contributed by atoms with van der Waals surface area (Å²) < 4.78 is 0. The van der Waals surface area contributed by atoms with Crippen LogP contribution in [-0.4, -0.2) is 32.9 Å². The predicted octanol–water partition coefficient (Wildman–Crippen LogP) is 3.41. The van der Waals surface area contributed by atoms with Crippen molar-refractivity contribution in [1.29, 1.82) is 0 Å². The zero-order valence-electron chi connectivity index (χ0n) is 17.4. The number of aromatic hydroxyl groups is 2. The summed E-state index contributed by atoms with van der Waals surface area (Å²) in [6.45, 7) is 5.93. The van der Waals surface area contributed by atoms with Crippen LogP contribution in [0.15, 0.2) is 54.8 Å². The number of anilines is 1. The summed E-state index contributed by atoms with van der Waals surface area (Å²) in [5.41, 5.74) is 2.54. The third-order valence-corrected chi connectivity index (χ3v) is 7.26. The van der Waals surface area contributed by atoms with Crippen molar-refractivity contribution in [3.05, 3.63) is 77.0 Å². The van der Waals surface area contributed by atoms with E-state index in [1.807, 2.05) is 37.4 Å². The van der Waals surface area contributed by atoms with E-state index in [0.717, 1.165) is 23.2 Å². The van der Waals surface area contributed by atoms with Crippen LogP contribution < -0.4 is 10.6 Å². The molecular weight excluding hydrogens is 392 g/mol. The van der Waals surface area contributed by atoms with E-state index in [1.54, 1.807) is 6.07 Å². The van der Waals surface area contributed by atoms with Crippen LogP contribution >= 0.6 is 0 Å².